The molecule has 0 aliphatic carbocycles. The van der Waals surface area contributed by atoms with Gasteiger partial charge in [-0.15, -0.1) is 0 Å². The van der Waals surface area contributed by atoms with Crippen LogP contribution in [0.4, 0.5) is 0 Å². The van der Waals surface area contributed by atoms with E-state index in [0.29, 0.717) is 17.0 Å². The Morgan fingerprint density at radius 2 is 1.85 bits per heavy atom. The second-order valence-electron chi connectivity index (χ2n) is 5.09. The summed E-state index contributed by atoms with van der Waals surface area (Å²) in [5.74, 6) is 1.38. The van der Waals surface area contributed by atoms with Gasteiger partial charge in [0, 0.05) is 11.6 Å². The number of aromatic nitrogens is 4. The fraction of sp³-hybridized carbons (Fsp3) is 0.267. The van der Waals surface area contributed by atoms with Crippen LogP contribution in [0.5, 0.6) is 0 Å². The minimum Gasteiger partial charge on any atom is -0.309 e. The number of fused-ring (bicyclic) bond motifs is 1. The Bertz CT molecular complexity index is 815. The van der Waals surface area contributed by atoms with Crippen molar-refractivity contribution in [3.05, 3.63) is 46.5 Å². The number of nitrogens with one attached hydrogen (secondary N) is 1. The van der Waals surface area contributed by atoms with Crippen molar-refractivity contribution in [3.8, 4) is 11.4 Å². The first-order valence-corrected chi connectivity index (χ1v) is 6.62. The fourth-order valence-corrected chi connectivity index (χ4v) is 2.37. The molecule has 2 aromatic heterocycles. The summed E-state index contributed by atoms with van der Waals surface area (Å²) in [6.07, 6.45) is 0. The monoisotopic (exact) mass is 268 g/mol. The molecule has 2 heterocycles. The Morgan fingerprint density at radius 3 is 2.50 bits per heavy atom. The average Bonchev–Trinajstić information content (AvgIpc) is 2.79. The number of hydrogen-bond acceptors (Lipinski definition) is 3. The highest BCUT2D eigenvalue weighted by Crippen LogP contribution is 2.25. The largest absolute Gasteiger partial charge is 0.309 e. The maximum absolute atomic E-state index is 12.0. The van der Waals surface area contributed by atoms with Crippen LogP contribution in [0, 0.1) is 6.92 Å². The molecule has 0 spiro atoms. The van der Waals surface area contributed by atoms with Crippen LogP contribution in [-0.4, -0.2) is 19.5 Å². The molecule has 0 aliphatic rings. The smallest absolute Gasteiger partial charge is 0.279 e. The van der Waals surface area contributed by atoms with Crippen LogP contribution in [-0.2, 0) is 0 Å². The highest BCUT2D eigenvalue weighted by atomic mass is 16.1. The van der Waals surface area contributed by atoms with Gasteiger partial charge in [-0.05, 0) is 20.8 Å². The van der Waals surface area contributed by atoms with Gasteiger partial charge in [0.15, 0.2) is 11.2 Å². The number of benzene rings is 1. The zero-order valence-electron chi connectivity index (χ0n) is 11.7. The molecule has 1 aromatic carbocycles. The summed E-state index contributed by atoms with van der Waals surface area (Å²) in [6.45, 7) is 5.90. The van der Waals surface area contributed by atoms with E-state index in [1.165, 1.54) is 0 Å². The Balaban J connectivity index is 2.41. The molecule has 0 radical (unpaired) electrons. The van der Waals surface area contributed by atoms with Gasteiger partial charge in [-0.25, -0.2) is 9.97 Å². The summed E-state index contributed by atoms with van der Waals surface area (Å²) in [5.41, 5.74) is 1.82. The molecule has 0 atom stereocenters. The van der Waals surface area contributed by atoms with Crippen LogP contribution in [0.2, 0.25) is 0 Å². The Morgan fingerprint density at radius 1 is 1.15 bits per heavy atom. The number of aryl methyl sites for hydroxylation is 1. The normalized spacial score (nSPS) is 11.4. The SMILES string of the molecule is Cc1nc2c(nc(-c3ccccc3)n2C(C)C)c(=O)[nH]1. The van der Waals surface area contributed by atoms with E-state index < -0.39 is 0 Å². The van der Waals surface area contributed by atoms with Gasteiger partial charge in [-0.2, -0.15) is 0 Å². The van der Waals surface area contributed by atoms with Gasteiger partial charge < -0.3 is 9.55 Å². The highest BCUT2D eigenvalue weighted by molar-refractivity contribution is 5.76. The van der Waals surface area contributed by atoms with E-state index in [-0.39, 0.29) is 11.6 Å². The van der Waals surface area contributed by atoms with Gasteiger partial charge in [-0.1, -0.05) is 30.3 Å². The fourth-order valence-electron chi connectivity index (χ4n) is 2.37. The summed E-state index contributed by atoms with van der Waals surface area (Å²) < 4.78 is 2.01. The topological polar surface area (TPSA) is 63.6 Å². The van der Waals surface area contributed by atoms with E-state index in [4.69, 9.17) is 0 Å². The van der Waals surface area contributed by atoms with Crippen LogP contribution in [0.1, 0.15) is 25.7 Å². The second-order valence-corrected chi connectivity index (χ2v) is 5.09. The molecular formula is C15H16N4O. The predicted octanol–water partition coefficient (Wildman–Crippen LogP) is 2.68. The van der Waals surface area contributed by atoms with Crippen molar-refractivity contribution in [1.29, 1.82) is 0 Å². The summed E-state index contributed by atoms with van der Waals surface area (Å²) in [7, 11) is 0. The first-order valence-electron chi connectivity index (χ1n) is 6.62. The van der Waals surface area contributed by atoms with Crippen molar-refractivity contribution in [3.63, 3.8) is 0 Å². The molecule has 0 bridgehead atoms. The first kappa shape index (κ1) is 12.6. The lowest BCUT2D eigenvalue weighted by atomic mass is 10.2. The third-order valence-corrected chi connectivity index (χ3v) is 3.22. The summed E-state index contributed by atoms with van der Waals surface area (Å²) in [6, 6.07) is 10.0. The summed E-state index contributed by atoms with van der Waals surface area (Å²) >= 11 is 0. The molecular weight excluding hydrogens is 252 g/mol. The van der Waals surface area contributed by atoms with Crippen LogP contribution in [0.15, 0.2) is 35.1 Å². The summed E-state index contributed by atoms with van der Waals surface area (Å²) in [4.78, 5) is 23.7. The number of aromatic amines is 1. The predicted molar refractivity (Wildman–Crippen MR) is 78.7 cm³/mol. The zero-order chi connectivity index (χ0) is 14.3. The molecule has 0 saturated carbocycles. The molecule has 1 N–H and O–H groups in total. The number of imidazole rings is 1. The second kappa shape index (κ2) is 4.59. The third kappa shape index (κ3) is 1.91. The maximum atomic E-state index is 12.0. The molecule has 5 heteroatoms. The molecule has 3 aromatic rings. The lowest BCUT2D eigenvalue weighted by molar-refractivity contribution is 0.618. The van der Waals surface area contributed by atoms with Gasteiger partial charge in [0.1, 0.15) is 11.6 Å². The number of hydrogen-bond donors (Lipinski definition) is 1. The Labute approximate surface area is 116 Å². The number of nitrogens with zero attached hydrogens (tertiary/aromatic N) is 3. The molecule has 0 amide bonds. The van der Waals surface area contributed by atoms with Crippen LogP contribution < -0.4 is 5.56 Å². The molecule has 0 fully saturated rings. The van der Waals surface area contributed by atoms with Crippen molar-refractivity contribution in [1.82, 2.24) is 19.5 Å². The van der Waals surface area contributed by atoms with Gasteiger partial charge in [0.05, 0.1) is 0 Å². The lowest BCUT2D eigenvalue weighted by Crippen LogP contribution is -2.11. The minimum atomic E-state index is -0.191. The van der Waals surface area contributed by atoms with Gasteiger partial charge in [0.2, 0.25) is 0 Å². The molecule has 0 saturated heterocycles. The lowest BCUT2D eigenvalue weighted by Gasteiger charge is -2.12. The Kier molecular flexibility index (Phi) is 2.89. The average molecular weight is 268 g/mol. The maximum Gasteiger partial charge on any atom is 0.279 e. The van der Waals surface area contributed by atoms with Gasteiger partial charge in [-0.3, -0.25) is 4.79 Å². The molecule has 5 nitrogen and oxygen atoms in total. The molecule has 3 rings (SSSR count). The van der Waals surface area contributed by atoms with E-state index >= 15 is 0 Å². The minimum absolute atomic E-state index is 0.170. The third-order valence-electron chi connectivity index (χ3n) is 3.22. The molecule has 0 unspecified atom stereocenters. The van der Waals surface area contributed by atoms with Crippen molar-refractivity contribution in [2.45, 2.75) is 26.8 Å². The Hall–Kier alpha value is -2.43. The number of rotatable bonds is 2. The van der Waals surface area contributed by atoms with E-state index in [1.807, 2.05) is 34.9 Å². The summed E-state index contributed by atoms with van der Waals surface area (Å²) in [5, 5.41) is 0. The van der Waals surface area contributed by atoms with Crippen molar-refractivity contribution >= 4 is 11.2 Å². The van der Waals surface area contributed by atoms with Crippen molar-refractivity contribution < 1.29 is 0 Å². The van der Waals surface area contributed by atoms with Gasteiger partial charge >= 0.3 is 0 Å². The van der Waals surface area contributed by atoms with Crippen LogP contribution in [0.25, 0.3) is 22.6 Å². The highest BCUT2D eigenvalue weighted by Gasteiger charge is 2.18. The van der Waals surface area contributed by atoms with E-state index in [0.717, 1.165) is 11.4 Å². The van der Waals surface area contributed by atoms with Crippen LogP contribution in [0.3, 0.4) is 0 Å². The van der Waals surface area contributed by atoms with E-state index in [1.54, 1.807) is 6.92 Å². The van der Waals surface area contributed by atoms with Crippen molar-refractivity contribution in [2.24, 2.45) is 0 Å². The quantitative estimate of drug-likeness (QED) is 0.777. The van der Waals surface area contributed by atoms with Crippen molar-refractivity contribution in [2.75, 3.05) is 0 Å². The first-order chi connectivity index (χ1) is 9.58. The molecule has 20 heavy (non-hydrogen) atoms. The number of H-pyrrole nitrogens is 1. The van der Waals surface area contributed by atoms with E-state index in [9.17, 15) is 4.79 Å². The van der Waals surface area contributed by atoms with Crippen LogP contribution >= 0.6 is 0 Å². The standard InChI is InChI=1S/C15H16N4O/c1-9(2)19-13(11-7-5-4-6-8-11)18-12-14(19)16-10(3)17-15(12)20/h4-9H,1-3H3,(H,16,17,20). The van der Waals surface area contributed by atoms with E-state index in [2.05, 4.69) is 28.8 Å². The molecule has 0 aliphatic heterocycles. The zero-order valence-corrected chi connectivity index (χ0v) is 11.7. The van der Waals surface area contributed by atoms with Gasteiger partial charge in [0.25, 0.3) is 5.56 Å². The molecule has 102 valence electrons.